The minimum Gasteiger partial charge on any atom is -0.384 e. The molecule has 1 rings (SSSR count). The van der Waals surface area contributed by atoms with Crippen LogP contribution in [-0.2, 0) is 9.53 Å². The van der Waals surface area contributed by atoms with Crippen LogP contribution in [0.2, 0.25) is 0 Å². The van der Waals surface area contributed by atoms with Crippen molar-refractivity contribution in [3.05, 3.63) is 0 Å². The van der Waals surface area contributed by atoms with Gasteiger partial charge in [-0.05, 0) is 13.3 Å². The molecule has 0 aromatic heterocycles. The van der Waals surface area contributed by atoms with E-state index < -0.39 is 30.1 Å². The van der Waals surface area contributed by atoms with Crippen molar-refractivity contribution in [3.63, 3.8) is 0 Å². The Labute approximate surface area is 97.9 Å². The summed E-state index contributed by atoms with van der Waals surface area (Å²) in [5.41, 5.74) is 3.43. The summed E-state index contributed by atoms with van der Waals surface area (Å²) in [5.74, 6) is -0.452. The van der Waals surface area contributed by atoms with Gasteiger partial charge in [0.15, 0.2) is 0 Å². The number of amides is 1. The van der Waals surface area contributed by atoms with E-state index in [0.29, 0.717) is 0 Å². The molecule has 1 heterocycles. The molecule has 0 radical (unpaired) electrons. The first-order chi connectivity index (χ1) is 7.73. The standard InChI is InChI=1S/C10H17F3N2O2/c1-7(14)8(16)15-4-3-9(5-15,6-17-2)10(11,12)13/h7H,3-6,14H2,1-2H3/t7-,9-/m0/s1. The predicted octanol–water partition coefficient (Wildman–Crippen LogP) is 0.761. The Balaban J connectivity index is 2.83. The van der Waals surface area contributed by atoms with Crippen LogP contribution >= 0.6 is 0 Å². The number of alkyl halides is 3. The zero-order chi connectivity index (χ0) is 13.3. The molecule has 100 valence electrons. The summed E-state index contributed by atoms with van der Waals surface area (Å²) in [4.78, 5) is 12.7. The lowest BCUT2D eigenvalue weighted by Gasteiger charge is -2.31. The Bertz CT molecular complexity index is 294. The first-order valence-corrected chi connectivity index (χ1v) is 5.33. The molecule has 1 fully saturated rings. The number of hydrogen-bond acceptors (Lipinski definition) is 3. The molecule has 1 amide bonds. The van der Waals surface area contributed by atoms with Crippen LogP contribution in [0.5, 0.6) is 0 Å². The second kappa shape index (κ2) is 4.81. The number of hydrogen-bond donors (Lipinski definition) is 1. The minimum atomic E-state index is -4.38. The molecular weight excluding hydrogens is 237 g/mol. The molecule has 2 N–H and O–H groups in total. The van der Waals surface area contributed by atoms with Crippen LogP contribution in [0.1, 0.15) is 13.3 Å². The van der Waals surface area contributed by atoms with E-state index in [0.717, 1.165) is 4.90 Å². The molecule has 4 nitrogen and oxygen atoms in total. The van der Waals surface area contributed by atoms with E-state index in [1.165, 1.54) is 14.0 Å². The Hall–Kier alpha value is -0.820. The summed E-state index contributed by atoms with van der Waals surface area (Å²) in [6, 6.07) is -0.776. The van der Waals surface area contributed by atoms with Crippen molar-refractivity contribution in [2.45, 2.75) is 25.6 Å². The average molecular weight is 254 g/mol. The first kappa shape index (κ1) is 14.2. The van der Waals surface area contributed by atoms with E-state index in [1.54, 1.807) is 0 Å². The quantitative estimate of drug-likeness (QED) is 0.809. The van der Waals surface area contributed by atoms with Crippen LogP contribution in [-0.4, -0.2) is 49.8 Å². The molecule has 0 saturated carbocycles. The first-order valence-electron chi connectivity index (χ1n) is 5.33. The summed E-state index contributed by atoms with van der Waals surface area (Å²) in [6.07, 6.45) is -4.52. The van der Waals surface area contributed by atoms with Crippen molar-refractivity contribution in [3.8, 4) is 0 Å². The summed E-state index contributed by atoms with van der Waals surface area (Å²) in [7, 11) is 1.23. The van der Waals surface area contributed by atoms with Crippen molar-refractivity contribution in [1.82, 2.24) is 4.90 Å². The van der Waals surface area contributed by atoms with Crippen molar-refractivity contribution in [1.29, 1.82) is 0 Å². The fraction of sp³-hybridized carbons (Fsp3) is 0.900. The number of nitrogens with two attached hydrogens (primary N) is 1. The number of rotatable bonds is 3. The van der Waals surface area contributed by atoms with Crippen LogP contribution in [0, 0.1) is 5.41 Å². The van der Waals surface area contributed by atoms with Gasteiger partial charge >= 0.3 is 6.18 Å². The highest BCUT2D eigenvalue weighted by atomic mass is 19.4. The van der Waals surface area contributed by atoms with E-state index in [4.69, 9.17) is 5.73 Å². The smallest absolute Gasteiger partial charge is 0.384 e. The molecule has 1 aliphatic rings. The van der Waals surface area contributed by atoms with Crippen LogP contribution in [0.3, 0.4) is 0 Å². The van der Waals surface area contributed by atoms with E-state index >= 15 is 0 Å². The number of halogens is 3. The Morgan fingerprint density at radius 3 is 2.59 bits per heavy atom. The van der Waals surface area contributed by atoms with Crippen LogP contribution < -0.4 is 5.73 Å². The fourth-order valence-electron chi connectivity index (χ4n) is 2.06. The molecular formula is C10H17F3N2O2. The van der Waals surface area contributed by atoms with Crippen molar-refractivity contribution >= 4 is 5.91 Å². The van der Waals surface area contributed by atoms with Crippen LogP contribution in [0.25, 0.3) is 0 Å². The molecule has 7 heteroatoms. The third-order valence-electron chi connectivity index (χ3n) is 3.08. The zero-order valence-corrected chi connectivity index (χ0v) is 9.88. The molecule has 0 spiro atoms. The summed E-state index contributed by atoms with van der Waals surface area (Å²) in [6.45, 7) is 0.736. The van der Waals surface area contributed by atoms with Gasteiger partial charge in [-0.3, -0.25) is 4.79 Å². The predicted molar refractivity (Wildman–Crippen MR) is 55.2 cm³/mol. The molecule has 1 saturated heterocycles. The summed E-state index contributed by atoms with van der Waals surface area (Å²) >= 11 is 0. The molecule has 0 unspecified atom stereocenters. The number of likely N-dealkylation sites (tertiary alicyclic amines) is 1. The lowest BCUT2D eigenvalue weighted by Crippen LogP contribution is -2.47. The van der Waals surface area contributed by atoms with Gasteiger partial charge in [0, 0.05) is 20.2 Å². The van der Waals surface area contributed by atoms with Gasteiger partial charge in [-0.25, -0.2) is 0 Å². The zero-order valence-electron chi connectivity index (χ0n) is 9.88. The maximum absolute atomic E-state index is 13.0. The van der Waals surface area contributed by atoms with Gasteiger partial charge in [-0.1, -0.05) is 0 Å². The van der Waals surface area contributed by atoms with Gasteiger partial charge in [0.25, 0.3) is 0 Å². The Morgan fingerprint density at radius 1 is 1.59 bits per heavy atom. The Kier molecular flexibility index (Phi) is 4.03. The number of methoxy groups -OCH3 is 1. The monoisotopic (exact) mass is 254 g/mol. The molecule has 2 atom stereocenters. The van der Waals surface area contributed by atoms with Gasteiger partial charge in [0.1, 0.15) is 5.41 Å². The van der Waals surface area contributed by atoms with Crippen LogP contribution in [0.4, 0.5) is 13.2 Å². The highest BCUT2D eigenvalue weighted by Crippen LogP contribution is 2.45. The number of ether oxygens (including phenoxy) is 1. The second-order valence-corrected chi connectivity index (χ2v) is 4.51. The summed E-state index contributed by atoms with van der Waals surface area (Å²) < 4.78 is 43.6. The van der Waals surface area contributed by atoms with Gasteiger partial charge in [0.05, 0.1) is 12.6 Å². The number of carbonyl (C=O) groups is 1. The normalized spacial score (nSPS) is 27.3. The average Bonchev–Trinajstić information content (AvgIpc) is 2.62. The van der Waals surface area contributed by atoms with Gasteiger partial charge in [-0.15, -0.1) is 0 Å². The van der Waals surface area contributed by atoms with Gasteiger partial charge in [-0.2, -0.15) is 13.2 Å². The SMILES string of the molecule is COC[C@]1(C(F)(F)F)CCN(C(=O)[C@H](C)N)C1. The molecule has 0 aromatic rings. The third kappa shape index (κ3) is 2.71. The lowest BCUT2D eigenvalue weighted by molar-refractivity contribution is -0.232. The molecule has 0 bridgehead atoms. The van der Waals surface area contributed by atoms with E-state index in [-0.39, 0.29) is 19.5 Å². The van der Waals surface area contributed by atoms with Crippen LogP contribution in [0.15, 0.2) is 0 Å². The maximum atomic E-state index is 13.0. The van der Waals surface area contributed by atoms with Gasteiger partial charge < -0.3 is 15.4 Å². The highest BCUT2D eigenvalue weighted by molar-refractivity contribution is 5.81. The second-order valence-electron chi connectivity index (χ2n) is 4.51. The number of carbonyl (C=O) groups excluding carboxylic acids is 1. The fourth-order valence-corrected chi connectivity index (χ4v) is 2.06. The minimum absolute atomic E-state index is 0.0727. The largest absolute Gasteiger partial charge is 0.398 e. The van der Waals surface area contributed by atoms with E-state index in [1.807, 2.05) is 0 Å². The molecule has 0 aromatic carbocycles. The van der Waals surface area contributed by atoms with E-state index in [2.05, 4.69) is 4.74 Å². The number of nitrogens with zero attached hydrogens (tertiary/aromatic N) is 1. The Morgan fingerprint density at radius 2 is 2.18 bits per heavy atom. The van der Waals surface area contributed by atoms with Gasteiger partial charge in [0.2, 0.25) is 5.91 Å². The lowest BCUT2D eigenvalue weighted by atomic mass is 9.87. The highest BCUT2D eigenvalue weighted by Gasteiger charge is 2.58. The summed E-state index contributed by atoms with van der Waals surface area (Å²) in [5, 5.41) is 0. The third-order valence-corrected chi connectivity index (χ3v) is 3.08. The van der Waals surface area contributed by atoms with Crippen molar-refractivity contribution < 1.29 is 22.7 Å². The topological polar surface area (TPSA) is 55.6 Å². The van der Waals surface area contributed by atoms with E-state index in [9.17, 15) is 18.0 Å². The molecule has 0 aliphatic carbocycles. The van der Waals surface area contributed by atoms with Crippen molar-refractivity contribution in [2.24, 2.45) is 11.1 Å². The maximum Gasteiger partial charge on any atom is 0.398 e. The molecule has 17 heavy (non-hydrogen) atoms. The molecule has 1 aliphatic heterocycles. The van der Waals surface area contributed by atoms with Crippen molar-refractivity contribution in [2.75, 3.05) is 26.8 Å².